The Labute approximate surface area is 207 Å². The Bertz CT molecular complexity index is 850. The Balaban J connectivity index is 2.17. The predicted octanol–water partition coefficient (Wildman–Crippen LogP) is 8.11. The fourth-order valence-electron chi connectivity index (χ4n) is 7.26. The zero-order chi connectivity index (χ0) is 24.8. The SMILES string of the molecule is CC(C)(C)[Si](C)([Si]1[Si]2[Si](/C=C/c3ccccc3)[Si]21[Si](C)(C(C)(C)C)C(C)(C)C)C(C)(C)C. The molecule has 2 aliphatic heterocycles. The van der Waals surface area contributed by atoms with E-state index in [0.29, 0.717) is 20.2 Å². The van der Waals surface area contributed by atoms with Crippen molar-refractivity contribution in [2.45, 2.75) is 116 Å². The molecule has 0 nitrogen and oxygen atoms in total. The molecule has 177 valence electrons. The second kappa shape index (κ2) is 7.63. The summed E-state index contributed by atoms with van der Waals surface area (Å²) in [5.41, 5.74) is 4.30. The molecule has 1 aromatic rings. The molecule has 0 amide bonds. The zero-order valence-electron chi connectivity index (χ0n) is 23.5. The second-order valence-electron chi connectivity index (χ2n) is 14.9. The number of hydrogen-bond donors (Lipinski definition) is 0. The number of benzene rings is 1. The van der Waals surface area contributed by atoms with Gasteiger partial charge in [-0.15, -0.1) is 5.70 Å². The maximum absolute atomic E-state index is 2.94. The molecular formula is C26H49Si6. The van der Waals surface area contributed by atoms with Gasteiger partial charge in [-0.2, -0.15) is 0 Å². The van der Waals surface area contributed by atoms with Gasteiger partial charge in [0.1, 0.15) is 0 Å². The van der Waals surface area contributed by atoms with Crippen molar-refractivity contribution in [3.05, 3.63) is 41.6 Å². The first-order chi connectivity index (χ1) is 14.2. The van der Waals surface area contributed by atoms with Crippen LogP contribution in [0.2, 0.25) is 33.2 Å². The van der Waals surface area contributed by atoms with E-state index < -0.39 is 21.3 Å². The summed E-state index contributed by atoms with van der Waals surface area (Å²) in [5.74, 6) is 0. The van der Waals surface area contributed by atoms with E-state index in [4.69, 9.17) is 0 Å². The van der Waals surface area contributed by atoms with Crippen molar-refractivity contribution >= 4 is 49.9 Å². The smallest absolute Gasteiger partial charge is 0.0462 e. The Morgan fingerprint density at radius 1 is 0.688 bits per heavy atom. The first-order valence-corrected chi connectivity index (χ1v) is 31.1. The summed E-state index contributed by atoms with van der Waals surface area (Å²) in [6.45, 7) is 37.7. The summed E-state index contributed by atoms with van der Waals surface area (Å²) in [6.07, 6.45) is 1.44. The van der Waals surface area contributed by atoms with E-state index >= 15 is 0 Å². The molecule has 0 bridgehead atoms. The van der Waals surface area contributed by atoms with Crippen molar-refractivity contribution in [1.29, 1.82) is 0 Å². The van der Waals surface area contributed by atoms with E-state index in [0.717, 1.165) is 0 Å². The van der Waals surface area contributed by atoms with E-state index in [9.17, 15) is 0 Å². The molecule has 0 N–H and O–H groups in total. The van der Waals surface area contributed by atoms with Gasteiger partial charge in [-0.05, 0) is 25.7 Å². The average molecular weight is 530 g/mol. The molecule has 6 heteroatoms. The van der Waals surface area contributed by atoms with Crippen LogP contribution in [0.25, 0.3) is 6.08 Å². The fraction of sp³-hybridized carbons (Fsp3) is 0.692. The highest BCUT2D eigenvalue weighted by Crippen LogP contribution is 2.73. The predicted molar refractivity (Wildman–Crippen MR) is 161 cm³/mol. The van der Waals surface area contributed by atoms with Crippen LogP contribution in [0.15, 0.2) is 36.0 Å². The van der Waals surface area contributed by atoms with Crippen LogP contribution in [0, 0.1) is 0 Å². The van der Waals surface area contributed by atoms with E-state index in [2.05, 4.69) is 138 Å². The lowest BCUT2D eigenvalue weighted by Gasteiger charge is -2.58. The summed E-state index contributed by atoms with van der Waals surface area (Å²) in [4.78, 5) is 0. The summed E-state index contributed by atoms with van der Waals surface area (Å²) in [7, 11) is -3.17. The van der Waals surface area contributed by atoms with Crippen LogP contribution >= 0.6 is 0 Å². The molecule has 2 aliphatic rings. The number of rotatable bonds is 4. The van der Waals surface area contributed by atoms with E-state index in [-0.39, 0.29) is 22.5 Å². The van der Waals surface area contributed by atoms with Gasteiger partial charge >= 0.3 is 0 Å². The molecule has 0 spiro atoms. The fourth-order valence-corrected chi connectivity index (χ4v) is 305. The monoisotopic (exact) mass is 529 g/mol. The quantitative estimate of drug-likeness (QED) is 0.345. The van der Waals surface area contributed by atoms with Crippen molar-refractivity contribution in [1.82, 2.24) is 0 Å². The van der Waals surface area contributed by atoms with Crippen LogP contribution in [0.3, 0.4) is 0 Å². The Morgan fingerprint density at radius 3 is 1.50 bits per heavy atom. The lowest BCUT2D eigenvalue weighted by Crippen LogP contribution is -2.73. The molecule has 32 heavy (non-hydrogen) atoms. The molecule has 0 aliphatic carbocycles. The lowest BCUT2D eigenvalue weighted by atomic mass is 10.2. The van der Waals surface area contributed by atoms with Crippen LogP contribution in [0.4, 0.5) is 0 Å². The maximum Gasteiger partial charge on any atom is 0.0462 e. The van der Waals surface area contributed by atoms with Gasteiger partial charge in [0.25, 0.3) is 0 Å². The van der Waals surface area contributed by atoms with Crippen molar-refractivity contribution in [3.8, 4) is 0 Å². The maximum atomic E-state index is 2.94. The summed E-state index contributed by atoms with van der Waals surface area (Å²) < 4.78 is 0. The third-order valence-corrected chi connectivity index (χ3v) is 156. The average Bonchev–Trinajstić information content (AvgIpc) is 3.46. The molecule has 3 rings (SSSR count). The summed E-state index contributed by atoms with van der Waals surface area (Å²) in [5, 5.41) is 2.12. The highest BCUT2D eigenvalue weighted by Gasteiger charge is 2.99. The van der Waals surface area contributed by atoms with E-state index in [1.165, 1.54) is 5.56 Å². The highest BCUT2D eigenvalue weighted by molar-refractivity contribution is 8.59. The molecule has 3 radical (unpaired) electrons. The molecule has 1 unspecified atom stereocenters. The summed E-state index contributed by atoms with van der Waals surface area (Å²) in [6, 6.07) is 11.2. The number of fused-ring (bicyclic) bond motifs is 1. The van der Waals surface area contributed by atoms with Gasteiger partial charge in [-0.25, -0.2) is 0 Å². The minimum absolute atomic E-state index is 0.0320. The summed E-state index contributed by atoms with van der Waals surface area (Å²) >= 11 is 0. The number of hydrogen-bond acceptors (Lipinski definition) is 0. The molecule has 2 saturated heterocycles. The van der Waals surface area contributed by atoms with Crippen molar-refractivity contribution < 1.29 is 0 Å². The normalized spacial score (nSPS) is 24.2. The highest BCUT2D eigenvalue weighted by atomic mass is 30.9. The second-order valence-corrected chi connectivity index (χ2v) is 76.3. The standard InChI is InChI=1S/C26H49Si6/c1-23(2,3)30(13,24(4,5)6)29-28-27(21-20-22-18-16-15-17-19-22)32(28,29)31(14,25(7,8)9)26(10,11)12/h15-21H,1-14H3/b21-20+. The molecular weight excluding hydrogens is 481 g/mol. The Hall–Kier alpha value is 0.261. The largest absolute Gasteiger partial charge is 0.103 e. The molecule has 0 aromatic heterocycles. The van der Waals surface area contributed by atoms with Gasteiger partial charge < -0.3 is 0 Å². The van der Waals surface area contributed by atoms with Gasteiger partial charge in [0.05, 0.1) is 0 Å². The lowest BCUT2D eigenvalue weighted by molar-refractivity contribution is 0.634. The topological polar surface area (TPSA) is 0 Å². The van der Waals surface area contributed by atoms with Gasteiger partial charge in [0.15, 0.2) is 0 Å². The van der Waals surface area contributed by atoms with E-state index in [1.807, 2.05) is 0 Å². The Kier molecular flexibility index (Phi) is 6.40. The Morgan fingerprint density at radius 2 is 1.12 bits per heavy atom. The molecule has 2 heterocycles. The van der Waals surface area contributed by atoms with Gasteiger partial charge in [-0.1, -0.05) is 133 Å². The molecule has 1 atom stereocenters. The molecule has 2 fully saturated rings. The van der Waals surface area contributed by atoms with Crippen LogP contribution in [-0.4, -0.2) is 43.9 Å². The van der Waals surface area contributed by atoms with Crippen molar-refractivity contribution in [2.75, 3.05) is 0 Å². The van der Waals surface area contributed by atoms with Crippen molar-refractivity contribution in [2.24, 2.45) is 0 Å². The first kappa shape index (κ1) is 26.9. The van der Waals surface area contributed by atoms with Gasteiger partial charge in [0, 0.05) is 43.9 Å². The van der Waals surface area contributed by atoms with Crippen LogP contribution in [-0.2, 0) is 0 Å². The van der Waals surface area contributed by atoms with Gasteiger partial charge in [-0.3, -0.25) is 0 Å². The minimum atomic E-state index is -1.44. The van der Waals surface area contributed by atoms with Crippen LogP contribution < -0.4 is 0 Å². The first-order valence-electron chi connectivity index (χ1n) is 12.6. The van der Waals surface area contributed by atoms with Crippen LogP contribution in [0.5, 0.6) is 0 Å². The van der Waals surface area contributed by atoms with E-state index in [1.54, 1.807) is 0 Å². The molecule has 1 aromatic carbocycles. The zero-order valence-corrected chi connectivity index (χ0v) is 29.5. The third kappa shape index (κ3) is 3.48. The minimum Gasteiger partial charge on any atom is -0.103 e. The van der Waals surface area contributed by atoms with Gasteiger partial charge in [0.2, 0.25) is 0 Å². The van der Waals surface area contributed by atoms with Crippen molar-refractivity contribution in [3.63, 3.8) is 0 Å². The third-order valence-electron chi connectivity index (χ3n) is 10.0. The molecule has 0 saturated carbocycles. The van der Waals surface area contributed by atoms with Crippen LogP contribution in [0.1, 0.15) is 88.6 Å².